The molecule has 0 bridgehead atoms. The molecule has 0 aromatic heterocycles. The second-order valence-electron chi connectivity index (χ2n) is 7.85. The molecule has 1 spiro atoms. The monoisotopic (exact) mass is 507 g/mol. The van der Waals surface area contributed by atoms with E-state index >= 15 is 0 Å². The van der Waals surface area contributed by atoms with Crippen LogP contribution in [-0.4, -0.2) is 65.5 Å². The number of aliphatic hydroxyl groups excluding tert-OH is 1. The summed E-state index contributed by atoms with van der Waals surface area (Å²) in [5.41, 5.74) is 0.467. The van der Waals surface area contributed by atoms with Crippen molar-refractivity contribution < 1.29 is 18.4 Å². The molecule has 0 amide bonds. The van der Waals surface area contributed by atoms with Gasteiger partial charge in [0.1, 0.15) is 0 Å². The summed E-state index contributed by atoms with van der Waals surface area (Å²) in [6.07, 6.45) is 1.76. The van der Waals surface area contributed by atoms with Gasteiger partial charge in [0.15, 0.2) is 0 Å². The van der Waals surface area contributed by atoms with Crippen molar-refractivity contribution >= 4 is 31.6 Å². The average molecular weight is 508 g/mol. The highest BCUT2D eigenvalue weighted by molar-refractivity contribution is 9.10. The molecule has 4 rings (SSSR count). The van der Waals surface area contributed by atoms with E-state index in [2.05, 4.69) is 27.4 Å². The van der Waals surface area contributed by atoms with E-state index in [9.17, 15) is 23.6 Å². The lowest BCUT2D eigenvalue weighted by Crippen LogP contribution is -2.84. The SMILES string of the molecule is C=CCN1[C@H](CO)[C@H](c2ccc(Br)cc2)C12CN(S(=O)(=O)c1ccc([N+](=O)[O-])cc1)C2. The zero-order valence-electron chi connectivity index (χ0n) is 16.6. The minimum atomic E-state index is -3.78. The third-order valence-electron chi connectivity index (χ3n) is 6.26. The van der Waals surface area contributed by atoms with Crippen LogP contribution in [0.25, 0.3) is 0 Å². The lowest BCUT2D eigenvalue weighted by molar-refractivity contribution is -0.384. The second kappa shape index (κ2) is 8.10. The largest absolute Gasteiger partial charge is 0.395 e. The van der Waals surface area contributed by atoms with E-state index < -0.39 is 20.5 Å². The molecule has 164 valence electrons. The van der Waals surface area contributed by atoms with Crippen LogP contribution in [0.15, 0.2) is 70.6 Å². The smallest absolute Gasteiger partial charge is 0.269 e. The molecule has 2 aromatic rings. The average Bonchev–Trinajstić information content (AvgIpc) is 2.71. The first-order valence-electron chi connectivity index (χ1n) is 9.73. The molecule has 0 saturated carbocycles. The predicted octanol–water partition coefficient (Wildman–Crippen LogP) is 2.75. The van der Waals surface area contributed by atoms with Gasteiger partial charge in [-0.2, -0.15) is 4.31 Å². The van der Waals surface area contributed by atoms with Crippen molar-refractivity contribution in [2.75, 3.05) is 26.2 Å². The molecule has 2 aromatic carbocycles. The molecule has 10 heteroatoms. The van der Waals surface area contributed by atoms with Crippen molar-refractivity contribution in [2.45, 2.75) is 22.4 Å². The molecule has 2 aliphatic rings. The molecule has 2 aliphatic heterocycles. The van der Waals surface area contributed by atoms with Crippen LogP contribution in [0.1, 0.15) is 11.5 Å². The van der Waals surface area contributed by atoms with Crippen LogP contribution < -0.4 is 0 Å². The number of aliphatic hydroxyl groups is 1. The summed E-state index contributed by atoms with van der Waals surface area (Å²) >= 11 is 3.44. The molecule has 2 saturated heterocycles. The first kappa shape index (κ1) is 22.1. The van der Waals surface area contributed by atoms with Gasteiger partial charge in [0.05, 0.1) is 22.0 Å². The lowest BCUT2D eigenvalue weighted by atomic mass is 9.61. The Bertz CT molecular complexity index is 1100. The predicted molar refractivity (Wildman–Crippen MR) is 119 cm³/mol. The van der Waals surface area contributed by atoms with E-state index in [0.29, 0.717) is 6.54 Å². The fourth-order valence-electron chi connectivity index (χ4n) is 4.83. The third-order valence-corrected chi connectivity index (χ3v) is 8.60. The molecular weight excluding hydrogens is 486 g/mol. The summed E-state index contributed by atoms with van der Waals surface area (Å²) in [5, 5.41) is 20.9. The number of non-ortho nitro benzene ring substituents is 1. The molecule has 2 atom stereocenters. The molecular formula is C21H22BrN3O5S. The summed E-state index contributed by atoms with van der Waals surface area (Å²) in [7, 11) is -3.78. The minimum absolute atomic E-state index is 0.0196. The Labute approximate surface area is 189 Å². The molecule has 2 fully saturated rings. The molecule has 0 radical (unpaired) electrons. The van der Waals surface area contributed by atoms with Gasteiger partial charge in [-0.1, -0.05) is 34.1 Å². The van der Waals surface area contributed by atoms with E-state index in [1.54, 1.807) is 6.08 Å². The number of nitro benzene ring substituents is 1. The van der Waals surface area contributed by atoms with Gasteiger partial charge in [-0.15, -0.1) is 6.58 Å². The van der Waals surface area contributed by atoms with Crippen molar-refractivity contribution in [3.63, 3.8) is 0 Å². The van der Waals surface area contributed by atoms with Gasteiger partial charge in [0, 0.05) is 48.2 Å². The number of hydrogen-bond donors (Lipinski definition) is 1. The quantitative estimate of drug-likeness (QED) is 0.351. The molecule has 8 nitrogen and oxygen atoms in total. The third kappa shape index (κ3) is 3.52. The molecule has 31 heavy (non-hydrogen) atoms. The number of nitrogens with zero attached hydrogens (tertiary/aromatic N) is 3. The van der Waals surface area contributed by atoms with Crippen molar-refractivity contribution in [1.82, 2.24) is 9.21 Å². The maximum absolute atomic E-state index is 13.1. The first-order chi connectivity index (χ1) is 14.7. The van der Waals surface area contributed by atoms with E-state index in [1.165, 1.54) is 28.6 Å². The van der Waals surface area contributed by atoms with Gasteiger partial charge in [-0.3, -0.25) is 15.0 Å². The van der Waals surface area contributed by atoms with Crippen LogP contribution in [0.3, 0.4) is 0 Å². The Morgan fingerprint density at radius 3 is 2.32 bits per heavy atom. The van der Waals surface area contributed by atoms with Gasteiger partial charge >= 0.3 is 0 Å². The van der Waals surface area contributed by atoms with Gasteiger partial charge in [0.25, 0.3) is 5.69 Å². The van der Waals surface area contributed by atoms with Crippen molar-refractivity contribution in [1.29, 1.82) is 0 Å². The highest BCUT2D eigenvalue weighted by Gasteiger charge is 2.66. The van der Waals surface area contributed by atoms with Crippen LogP contribution in [0, 0.1) is 10.1 Å². The fourth-order valence-corrected chi connectivity index (χ4v) is 6.66. The minimum Gasteiger partial charge on any atom is -0.395 e. The number of nitro groups is 1. The number of halogens is 1. The highest BCUT2D eigenvalue weighted by Crippen LogP contribution is 2.54. The topological polar surface area (TPSA) is 104 Å². The maximum Gasteiger partial charge on any atom is 0.269 e. The maximum atomic E-state index is 13.1. The Morgan fingerprint density at radius 1 is 1.19 bits per heavy atom. The molecule has 0 aliphatic carbocycles. The van der Waals surface area contributed by atoms with E-state index in [4.69, 9.17) is 0 Å². The lowest BCUT2D eigenvalue weighted by Gasteiger charge is -2.70. The van der Waals surface area contributed by atoms with Gasteiger partial charge in [-0.05, 0) is 29.8 Å². The van der Waals surface area contributed by atoms with E-state index in [1.807, 2.05) is 24.3 Å². The number of likely N-dealkylation sites (tertiary alicyclic amines) is 1. The van der Waals surface area contributed by atoms with Crippen molar-refractivity contribution in [2.24, 2.45) is 0 Å². The number of hydrogen-bond acceptors (Lipinski definition) is 6. The first-order valence-corrected chi connectivity index (χ1v) is 12.0. The van der Waals surface area contributed by atoms with Crippen LogP contribution in [0.5, 0.6) is 0 Å². The van der Waals surface area contributed by atoms with Gasteiger partial charge < -0.3 is 5.11 Å². The molecule has 2 heterocycles. The number of sulfonamides is 1. The van der Waals surface area contributed by atoms with Crippen molar-refractivity contribution in [3.05, 3.63) is 81.3 Å². The standard InChI is InChI=1S/C21H22BrN3O5S/c1-2-11-24-19(12-26)20(15-3-5-16(22)6-4-15)21(24)13-23(14-21)31(29,30)18-9-7-17(8-10-18)25(27)28/h2-10,19-20,26H,1,11-14H2/t19-,20+/m1/s1. The van der Waals surface area contributed by atoms with Crippen molar-refractivity contribution in [3.8, 4) is 0 Å². The van der Waals surface area contributed by atoms with E-state index in [0.717, 1.165) is 10.0 Å². The zero-order chi connectivity index (χ0) is 22.4. The van der Waals surface area contributed by atoms with E-state index in [-0.39, 0.29) is 42.2 Å². The molecule has 0 unspecified atom stereocenters. The summed E-state index contributed by atoms with van der Waals surface area (Å²) in [5.74, 6) is -0.0196. The fraction of sp³-hybridized carbons (Fsp3) is 0.333. The number of rotatable bonds is 7. The number of benzene rings is 2. The summed E-state index contributed by atoms with van der Waals surface area (Å²) in [4.78, 5) is 12.4. The zero-order valence-corrected chi connectivity index (χ0v) is 19.0. The summed E-state index contributed by atoms with van der Waals surface area (Å²) in [6, 6.07) is 12.7. The van der Waals surface area contributed by atoms with Crippen LogP contribution >= 0.6 is 15.9 Å². The Hall–Kier alpha value is -2.11. The Kier molecular flexibility index (Phi) is 5.78. The van der Waals surface area contributed by atoms with Crippen LogP contribution in [0.2, 0.25) is 0 Å². The van der Waals surface area contributed by atoms with Gasteiger partial charge in [0.2, 0.25) is 10.0 Å². The Balaban J connectivity index is 1.61. The van der Waals surface area contributed by atoms with Crippen LogP contribution in [-0.2, 0) is 10.0 Å². The van der Waals surface area contributed by atoms with Gasteiger partial charge in [-0.25, -0.2) is 8.42 Å². The molecule has 1 N–H and O–H groups in total. The normalized spacial score (nSPS) is 23.2. The summed E-state index contributed by atoms with van der Waals surface area (Å²) in [6.45, 7) is 4.87. The summed E-state index contributed by atoms with van der Waals surface area (Å²) < 4.78 is 28.5. The second-order valence-corrected chi connectivity index (χ2v) is 10.7. The Morgan fingerprint density at radius 2 is 1.81 bits per heavy atom. The highest BCUT2D eigenvalue weighted by atomic mass is 79.9. The van der Waals surface area contributed by atoms with Crippen LogP contribution in [0.4, 0.5) is 5.69 Å².